The van der Waals surface area contributed by atoms with Crippen molar-refractivity contribution in [2.24, 2.45) is 5.73 Å². The van der Waals surface area contributed by atoms with Crippen molar-refractivity contribution < 1.29 is 14.3 Å². The normalized spacial score (nSPS) is 18.7. The Morgan fingerprint density at radius 2 is 1.69 bits per heavy atom. The molecule has 32 heavy (non-hydrogen) atoms. The minimum absolute atomic E-state index is 0.326. The molecule has 4 N–H and O–H groups in total. The van der Waals surface area contributed by atoms with Gasteiger partial charge in [-0.2, -0.15) is 0 Å². The molecule has 1 aliphatic rings. The van der Waals surface area contributed by atoms with Crippen LogP contribution in [0.4, 0.5) is 4.79 Å². The molecule has 0 radical (unpaired) electrons. The topological polar surface area (TPSA) is 104 Å². The van der Waals surface area contributed by atoms with Crippen molar-refractivity contribution in [3.8, 4) is 0 Å². The third-order valence-electron chi connectivity index (χ3n) is 5.98. The summed E-state index contributed by atoms with van der Waals surface area (Å²) in [6.07, 6.45) is 1.65. The molecule has 0 saturated heterocycles. The molecule has 2 atom stereocenters. The number of para-hydroxylation sites is 2. The van der Waals surface area contributed by atoms with Gasteiger partial charge in [0.05, 0.1) is 0 Å². The van der Waals surface area contributed by atoms with Crippen LogP contribution in [-0.2, 0) is 16.0 Å². The van der Waals surface area contributed by atoms with E-state index in [2.05, 4.69) is 9.97 Å². The van der Waals surface area contributed by atoms with Gasteiger partial charge in [-0.1, -0.05) is 36.4 Å². The number of hydrogen-bond donors (Lipinski definition) is 3. The molecule has 4 aromatic rings. The molecule has 0 unspecified atom stereocenters. The van der Waals surface area contributed by atoms with E-state index < -0.39 is 29.7 Å². The summed E-state index contributed by atoms with van der Waals surface area (Å²) in [7, 11) is 0. The molecule has 7 nitrogen and oxygen atoms in total. The van der Waals surface area contributed by atoms with Crippen LogP contribution in [0.3, 0.4) is 0 Å². The Bertz CT molecular complexity index is 1340. The van der Waals surface area contributed by atoms with Crippen molar-refractivity contribution in [1.29, 1.82) is 0 Å². The summed E-state index contributed by atoms with van der Waals surface area (Å²) in [5, 5.41) is 2.00. The van der Waals surface area contributed by atoms with Crippen LogP contribution in [0.5, 0.6) is 0 Å². The number of aromatic nitrogens is 2. The molecule has 2 aromatic carbocycles. The Morgan fingerprint density at radius 1 is 1.03 bits per heavy atom. The molecular formula is C25H26N4O3. The predicted octanol–water partition coefficient (Wildman–Crippen LogP) is 4.39. The fourth-order valence-electron chi connectivity index (χ4n) is 4.70. The fraction of sp³-hybridized carbons (Fsp3) is 0.280. The molecular weight excluding hydrogens is 404 g/mol. The number of benzene rings is 2. The van der Waals surface area contributed by atoms with Crippen molar-refractivity contribution in [3.63, 3.8) is 0 Å². The molecule has 7 heteroatoms. The predicted molar refractivity (Wildman–Crippen MR) is 123 cm³/mol. The van der Waals surface area contributed by atoms with Crippen molar-refractivity contribution in [2.75, 3.05) is 0 Å². The van der Waals surface area contributed by atoms with Crippen LogP contribution in [0, 0.1) is 0 Å². The molecule has 164 valence electrons. The first-order valence-electron chi connectivity index (χ1n) is 10.7. The number of hydrogen-bond acceptors (Lipinski definition) is 3. The van der Waals surface area contributed by atoms with E-state index in [1.165, 1.54) is 4.90 Å². The van der Waals surface area contributed by atoms with Gasteiger partial charge in [-0.3, -0.25) is 9.69 Å². The van der Waals surface area contributed by atoms with Gasteiger partial charge < -0.3 is 20.4 Å². The molecule has 5 rings (SSSR count). The van der Waals surface area contributed by atoms with Gasteiger partial charge in [0.1, 0.15) is 17.7 Å². The number of carbonyl (C=O) groups is 2. The Balaban J connectivity index is 1.78. The lowest BCUT2D eigenvalue weighted by Crippen LogP contribution is -2.54. The minimum Gasteiger partial charge on any atom is -0.444 e. The highest BCUT2D eigenvalue weighted by Crippen LogP contribution is 2.43. The number of nitrogens with one attached hydrogen (secondary N) is 2. The number of nitrogens with zero attached hydrogens (tertiary/aromatic N) is 1. The zero-order chi connectivity index (χ0) is 22.6. The largest absolute Gasteiger partial charge is 0.444 e. The number of fused-ring (bicyclic) bond motifs is 4. The average molecular weight is 431 g/mol. The Kier molecular flexibility index (Phi) is 4.51. The number of H-pyrrole nitrogens is 2. The van der Waals surface area contributed by atoms with Crippen LogP contribution in [-0.4, -0.2) is 38.5 Å². The second-order valence-corrected chi connectivity index (χ2v) is 9.26. The molecule has 1 aliphatic heterocycles. The van der Waals surface area contributed by atoms with Crippen molar-refractivity contribution in [2.45, 2.75) is 44.9 Å². The number of primary amides is 1. The van der Waals surface area contributed by atoms with Gasteiger partial charge in [0.2, 0.25) is 5.91 Å². The van der Waals surface area contributed by atoms with Gasteiger partial charge in [-0.25, -0.2) is 4.79 Å². The maximum atomic E-state index is 13.5. The number of amides is 2. The number of ether oxygens (including phenoxy) is 1. The molecule has 0 fully saturated rings. The number of rotatable bonds is 2. The van der Waals surface area contributed by atoms with Crippen LogP contribution in [0.15, 0.2) is 54.7 Å². The van der Waals surface area contributed by atoms with Crippen molar-refractivity contribution >= 4 is 33.8 Å². The van der Waals surface area contributed by atoms with Crippen LogP contribution in [0.25, 0.3) is 21.8 Å². The molecule has 0 spiro atoms. The molecule has 2 aromatic heterocycles. The Labute approximate surface area is 185 Å². The van der Waals surface area contributed by atoms with E-state index in [4.69, 9.17) is 10.5 Å². The number of carbonyl (C=O) groups excluding carboxylic acids is 2. The van der Waals surface area contributed by atoms with Gasteiger partial charge in [-0.05, 0) is 38.5 Å². The van der Waals surface area contributed by atoms with Crippen LogP contribution < -0.4 is 5.73 Å². The van der Waals surface area contributed by atoms with E-state index in [0.717, 1.165) is 38.6 Å². The quantitative estimate of drug-likeness (QED) is 0.439. The average Bonchev–Trinajstić information content (AvgIpc) is 3.32. The maximum absolute atomic E-state index is 13.5. The highest BCUT2D eigenvalue weighted by molar-refractivity contribution is 5.92. The van der Waals surface area contributed by atoms with E-state index in [9.17, 15) is 9.59 Å². The smallest absolute Gasteiger partial charge is 0.411 e. The summed E-state index contributed by atoms with van der Waals surface area (Å²) in [6, 6.07) is 14.5. The van der Waals surface area contributed by atoms with Crippen molar-refractivity contribution in [3.05, 3.63) is 71.5 Å². The first-order chi connectivity index (χ1) is 15.2. The van der Waals surface area contributed by atoms with E-state index in [1.807, 2.05) is 75.5 Å². The highest BCUT2D eigenvalue weighted by Gasteiger charge is 2.45. The van der Waals surface area contributed by atoms with Gasteiger partial charge >= 0.3 is 6.09 Å². The Hall–Kier alpha value is -3.74. The zero-order valence-electron chi connectivity index (χ0n) is 18.3. The molecule has 2 amide bonds. The van der Waals surface area contributed by atoms with Crippen LogP contribution >= 0.6 is 0 Å². The minimum atomic E-state index is -0.838. The summed E-state index contributed by atoms with van der Waals surface area (Å²) >= 11 is 0. The molecule has 0 aliphatic carbocycles. The van der Waals surface area contributed by atoms with E-state index >= 15 is 0 Å². The van der Waals surface area contributed by atoms with E-state index in [0.29, 0.717) is 6.42 Å². The van der Waals surface area contributed by atoms with Gasteiger partial charge in [0.25, 0.3) is 0 Å². The first kappa shape index (κ1) is 20.2. The summed E-state index contributed by atoms with van der Waals surface area (Å²) in [5.41, 5.74) is 9.79. The third-order valence-corrected chi connectivity index (χ3v) is 5.98. The summed E-state index contributed by atoms with van der Waals surface area (Å²) in [6.45, 7) is 5.43. The number of nitrogens with two attached hydrogens (primary N) is 1. The first-order valence-corrected chi connectivity index (χ1v) is 10.7. The maximum Gasteiger partial charge on any atom is 0.411 e. The molecule has 3 heterocycles. The second kappa shape index (κ2) is 7.15. The van der Waals surface area contributed by atoms with Crippen molar-refractivity contribution in [1.82, 2.24) is 14.9 Å². The van der Waals surface area contributed by atoms with Gasteiger partial charge in [-0.15, -0.1) is 0 Å². The lowest BCUT2D eigenvalue weighted by molar-refractivity contribution is -0.124. The molecule has 0 bridgehead atoms. The summed E-state index contributed by atoms with van der Waals surface area (Å²) < 4.78 is 5.74. The SMILES string of the molecule is CC(C)(C)OC(=O)N1[C@H](c2c[nH]c3ccccc23)c2[nH]c3ccccc3c2C[C@@H]1C(N)=O. The molecule has 0 saturated carbocycles. The number of aromatic amines is 2. The van der Waals surface area contributed by atoms with E-state index in [1.54, 1.807) is 0 Å². The van der Waals surface area contributed by atoms with Gasteiger partial charge in [0, 0.05) is 45.7 Å². The lowest BCUT2D eigenvalue weighted by Gasteiger charge is -2.41. The highest BCUT2D eigenvalue weighted by atomic mass is 16.6. The third kappa shape index (κ3) is 3.21. The Morgan fingerprint density at radius 3 is 2.38 bits per heavy atom. The van der Waals surface area contributed by atoms with E-state index in [-0.39, 0.29) is 0 Å². The monoisotopic (exact) mass is 430 g/mol. The second-order valence-electron chi connectivity index (χ2n) is 9.26. The lowest BCUT2D eigenvalue weighted by atomic mass is 9.88. The zero-order valence-corrected chi connectivity index (χ0v) is 18.3. The fourth-order valence-corrected chi connectivity index (χ4v) is 4.70. The van der Waals surface area contributed by atoms with Gasteiger partial charge in [0.15, 0.2) is 0 Å². The van der Waals surface area contributed by atoms with Crippen LogP contribution in [0.1, 0.15) is 43.6 Å². The van der Waals surface area contributed by atoms with Crippen LogP contribution in [0.2, 0.25) is 0 Å². The summed E-state index contributed by atoms with van der Waals surface area (Å²) in [5.74, 6) is -0.559. The standard InChI is InChI=1S/C25H26N4O3/c1-25(2,3)32-24(31)29-20(23(26)30)12-16-14-8-5-7-11-19(14)28-21(16)22(29)17-13-27-18-10-6-4-9-15(17)18/h4-11,13,20,22,27-28H,12H2,1-3H3,(H2,26,30)/t20-,22-/m1/s1. The summed E-state index contributed by atoms with van der Waals surface area (Å²) in [4.78, 5) is 34.4.